The number of carbonyl (C=O) groups excluding carboxylic acids is 3. The third kappa shape index (κ3) is 5.74. The van der Waals surface area contributed by atoms with Gasteiger partial charge in [-0.2, -0.15) is 0 Å². The summed E-state index contributed by atoms with van der Waals surface area (Å²) in [6.07, 6.45) is 0. The zero-order valence-corrected chi connectivity index (χ0v) is 21.8. The van der Waals surface area contributed by atoms with E-state index in [-0.39, 0.29) is 23.1 Å². The van der Waals surface area contributed by atoms with E-state index in [9.17, 15) is 14.4 Å². The first-order valence-corrected chi connectivity index (χ1v) is 13.3. The molecule has 1 aliphatic rings. The minimum atomic E-state index is -0.297. The lowest BCUT2D eigenvalue weighted by Gasteiger charge is -2.24. The Morgan fingerprint density at radius 3 is 2.33 bits per heavy atom. The fourth-order valence-electron chi connectivity index (χ4n) is 4.14. The highest BCUT2D eigenvalue weighted by Crippen LogP contribution is 2.39. The maximum atomic E-state index is 13.0. The molecule has 0 unspecified atom stereocenters. The third-order valence-electron chi connectivity index (χ3n) is 6.15. The number of thioether (sulfide) groups is 1. The Kier molecular flexibility index (Phi) is 8.33. The van der Waals surface area contributed by atoms with Crippen LogP contribution in [0, 0.1) is 0 Å². The van der Waals surface area contributed by atoms with Gasteiger partial charge in [-0.15, -0.1) is 11.8 Å². The highest BCUT2D eigenvalue weighted by atomic mass is 35.5. The van der Waals surface area contributed by atoms with Crippen LogP contribution in [0.3, 0.4) is 0 Å². The number of hydrogen-bond acceptors (Lipinski definition) is 4. The van der Waals surface area contributed by atoms with E-state index in [1.165, 1.54) is 0 Å². The van der Waals surface area contributed by atoms with Crippen LogP contribution in [0.15, 0.2) is 72.8 Å². The average molecular weight is 522 g/mol. The van der Waals surface area contributed by atoms with E-state index < -0.39 is 0 Å². The zero-order valence-electron chi connectivity index (χ0n) is 20.2. The topological polar surface area (TPSA) is 69.7 Å². The molecule has 0 aromatic heterocycles. The van der Waals surface area contributed by atoms with Crippen LogP contribution < -0.4 is 5.32 Å². The van der Waals surface area contributed by atoms with Crippen LogP contribution in [0.25, 0.3) is 0 Å². The van der Waals surface area contributed by atoms with Crippen molar-refractivity contribution in [3.05, 3.63) is 100 Å². The van der Waals surface area contributed by atoms with Crippen LogP contribution >= 0.6 is 23.4 Å². The maximum absolute atomic E-state index is 13.0. The lowest BCUT2D eigenvalue weighted by Crippen LogP contribution is -2.31. The van der Waals surface area contributed by atoms with Gasteiger partial charge < -0.3 is 15.1 Å². The molecule has 6 nitrogen and oxygen atoms in total. The highest BCUT2D eigenvalue weighted by molar-refractivity contribution is 8.00. The summed E-state index contributed by atoms with van der Waals surface area (Å²) in [5, 5.41) is 3.42. The SMILES string of the molecule is CCN(CC)C(=O)c1ccccc1NC(=O)c1ccc([C@H]2SCC(=O)N2Cc2ccc(Cl)cc2)cc1. The minimum absolute atomic E-state index is 0.0799. The van der Waals surface area contributed by atoms with Gasteiger partial charge in [0.15, 0.2) is 0 Å². The zero-order chi connectivity index (χ0) is 25.7. The lowest BCUT2D eigenvalue weighted by atomic mass is 10.1. The maximum Gasteiger partial charge on any atom is 0.255 e. The third-order valence-corrected chi connectivity index (χ3v) is 7.66. The Balaban J connectivity index is 1.48. The molecule has 0 spiro atoms. The van der Waals surface area contributed by atoms with E-state index in [1.807, 2.05) is 55.1 Å². The second kappa shape index (κ2) is 11.6. The summed E-state index contributed by atoms with van der Waals surface area (Å²) in [6, 6.07) is 21.8. The van der Waals surface area contributed by atoms with Crippen LogP contribution in [0.2, 0.25) is 5.02 Å². The molecule has 36 heavy (non-hydrogen) atoms. The predicted octanol–water partition coefficient (Wildman–Crippen LogP) is 5.85. The number of nitrogens with one attached hydrogen (secondary N) is 1. The number of halogens is 1. The van der Waals surface area contributed by atoms with Crippen LogP contribution in [0.1, 0.15) is 51.1 Å². The summed E-state index contributed by atoms with van der Waals surface area (Å²) < 4.78 is 0. The fourth-order valence-corrected chi connectivity index (χ4v) is 5.45. The summed E-state index contributed by atoms with van der Waals surface area (Å²) in [7, 11) is 0. The Morgan fingerprint density at radius 2 is 1.67 bits per heavy atom. The predicted molar refractivity (Wildman–Crippen MR) is 145 cm³/mol. The summed E-state index contributed by atoms with van der Waals surface area (Å²) >= 11 is 7.56. The molecule has 0 saturated carbocycles. The summed E-state index contributed by atoms with van der Waals surface area (Å²) in [5.41, 5.74) is 3.38. The smallest absolute Gasteiger partial charge is 0.255 e. The molecule has 3 amide bonds. The summed E-state index contributed by atoms with van der Waals surface area (Å²) in [4.78, 5) is 42.0. The van der Waals surface area contributed by atoms with E-state index in [2.05, 4.69) is 5.32 Å². The first-order chi connectivity index (χ1) is 17.4. The largest absolute Gasteiger partial charge is 0.339 e. The van der Waals surface area contributed by atoms with Crippen LogP contribution in [-0.4, -0.2) is 46.4 Å². The number of carbonyl (C=O) groups is 3. The molecule has 1 atom stereocenters. The van der Waals surface area contributed by atoms with Crippen molar-refractivity contribution in [1.29, 1.82) is 0 Å². The van der Waals surface area contributed by atoms with Crippen molar-refractivity contribution in [3.8, 4) is 0 Å². The molecule has 8 heteroatoms. The molecule has 4 rings (SSSR count). The van der Waals surface area contributed by atoms with Gasteiger partial charge in [0.25, 0.3) is 11.8 Å². The van der Waals surface area contributed by atoms with Crippen molar-refractivity contribution in [2.75, 3.05) is 24.2 Å². The first kappa shape index (κ1) is 25.8. The number of amides is 3. The van der Waals surface area contributed by atoms with Crippen molar-refractivity contribution >= 4 is 46.8 Å². The Bertz CT molecular complexity index is 1240. The van der Waals surface area contributed by atoms with Crippen LogP contribution in [0.5, 0.6) is 0 Å². The molecule has 1 fully saturated rings. The van der Waals surface area contributed by atoms with E-state index in [4.69, 9.17) is 11.6 Å². The monoisotopic (exact) mass is 521 g/mol. The molecule has 0 radical (unpaired) electrons. The van der Waals surface area contributed by atoms with E-state index in [0.29, 0.717) is 47.2 Å². The molecule has 3 aromatic carbocycles. The van der Waals surface area contributed by atoms with Gasteiger partial charge in [0, 0.05) is 30.2 Å². The van der Waals surface area contributed by atoms with E-state index in [0.717, 1.165) is 11.1 Å². The molecule has 0 aliphatic carbocycles. The van der Waals surface area contributed by atoms with Crippen molar-refractivity contribution in [3.63, 3.8) is 0 Å². The second-order valence-corrected chi connectivity index (χ2v) is 9.92. The first-order valence-electron chi connectivity index (χ1n) is 11.9. The standard InChI is InChI=1S/C28H28ClN3O3S/c1-3-31(4-2)27(35)23-7-5-6-8-24(23)30-26(34)20-11-13-21(14-12-20)28-32(25(33)18-36-28)17-19-9-15-22(29)16-10-19/h5-16,28H,3-4,17-18H2,1-2H3,(H,30,34)/t28-/m1/s1. The molecule has 1 aliphatic heterocycles. The van der Waals surface area contributed by atoms with Gasteiger partial charge >= 0.3 is 0 Å². The number of hydrogen-bond donors (Lipinski definition) is 1. The van der Waals surface area contributed by atoms with Crippen LogP contribution in [0.4, 0.5) is 5.69 Å². The highest BCUT2D eigenvalue weighted by Gasteiger charge is 2.32. The summed E-state index contributed by atoms with van der Waals surface area (Å²) in [6.45, 7) is 5.53. The van der Waals surface area contributed by atoms with Crippen molar-refractivity contribution in [2.45, 2.75) is 25.8 Å². The molecule has 1 saturated heterocycles. The van der Waals surface area contributed by atoms with Gasteiger partial charge in [-0.05, 0) is 61.4 Å². The van der Waals surface area contributed by atoms with Crippen molar-refractivity contribution in [1.82, 2.24) is 9.80 Å². The van der Waals surface area contributed by atoms with Gasteiger partial charge in [0.1, 0.15) is 5.37 Å². The van der Waals surface area contributed by atoms with Gasteiger partial charge in [0.05, 0.1) is 17.0 Å². The van der Waals surface area contributed by atoms with Gasteiger partial charge in [-0.3, -0.25) is 14.4 Å². The quantitative estimate of drug-likeness (QED) is 0.404. The number of para-hydroxylation sites is 1. The Hall–Kier alpha value is -3.29. The number of benzene rings is 3. The minimum Gasteiger partial charge on any atom is -0.339 e. The average Bonchev–Trinajstić information content (AvgIpc) is 3.26. The van der Waals surface area contributed by atoms with E-state index in [1.54, 1.807) is 53.1 Å². The molecule has 1 heterocycles. The molecule has 0 bridgehead atoms. The van der Waals surface area contributed by atoms with Gasteiger partial charge in [-0.25, -0.2) is 0 Å². The second-order valence-electron chi connectivity index (χ2n) is 8.41. The normalized spacial score (nSPS) is 15.1. The van der Waals surface area contributed by atoms with Gasteiger partial charge in [0.2, 0.25) is 5.91 Å². The lowest BCUT2D eigenvalue weighted by molar-refractivity contribution is -0.128. The van der Waals surface area contributed by atoms with Gasteiger partial charge in [-0.1, -0.05) is 48.0 Å². The number of rotatable bonds is 8. The summed E-state index contributed by atoms with van der Waals surface area (Å²) in [5.74, 6) is 0.0819. The fraction of sp³-hybridized carbons (Fsp3) is 0.250. The Morgan fingerprint density at radius 1 is 1.00 bits per heavy atom. The van der Waals surface area contributed by atoms with Crippen molar-refractivity contribution < 1.29 is 14.4 Å². The van der Waals surface area contributed by atoms with Crippen LogP contribution in [-0.2, 0) is 11.3 Å². The Labute approximate surface area is 220 Å². The molecular weight excluding hydrogens is 494 g/mol. The molecule has 186 valence electrons. The number of anilines is 1. The molecular formula is C28H28ClN3O3S. The number of nitrogens with zero attached hydrogens (tertiary/aromatic N) is 2. The van der Waals surface area contributed by atoms with E-state index >= 15 is 0 Å². The molecule has 1 N–H and O–H groups in total. The molecule has 3 aromatic rings. The van der Waals surface area contributed by atoms with Crippen molar-refractivity contribution in [2.24, 2.45) is 0 Å².